The molecule has 0 bridgehead atoms. The number of hydrogen-bond acceptors (Lipinski definition) is 5. The summed E-state index contributed by atoms with van der Waals surface area (Å²) in [5.74, 6) is 2.27. The molecule has 11 atom stereocenters. The zero-order valence-electron chi connectivity index (χ0n) is 21.5. The lowest BCUT2D eigenvalue weighted by molar-refractivity contribution is -0.207. The Morgan fingerprint density at radius 2 is 1.76 bits per heavy atom. The van der Waals surface area contributed by atoms with E-state index < -0.39 is 0 Å². The Morgan fingerprint density at radius 1 is 1.03 bits per heavy atom. The maximum atomic E-state index is 12.7. The zero-order valence-corrected chi connectivity index (χ0v) is 21.5. The largest absolute Gasteiger partial charge is 0.393 e. The second-order valence-corrected chi connectivity index (χ2v) is 13.0. The highest BCUT2D eigenvalue weighted by Crippen LogP contribution is 2.68. The highest BCUT2D eigenvalue weighted by atomic mass is 16.5. The topological polar surface area (TPSA) is 90.2 Å². The SMILES string of the molecule is C[C@H](CCC(=O)N1CCOCC1)[C@H]1CCC2C3C(C[C@H](O)[C@@]21C)[C@@]1(C)CC[C@@H](O)CC1C[C@H]3O. The van der Waals surface area contributed by atoms with Crippen molar-refractivity contribution in [3.05, 3.63) is 0 Å². The van der Waals surface area contributed by atoms with E-state index in [9.17, 15) is 20.1 Å². The van der Waals surface area contributed by atoms with Crippen molar-refractivity contribution in [2.24, 2.45) is 46.3 Å². The summed E-state index contributed by atoms with van der Waals surface area (Å²) in [5, 5.41) is 33.4. The van der Waals surface area contributed by atoms with E-state index in [1.165, 1.54) is 0 Å². The fourth-order valence-electron chi connectivity index (χ4n) is 9.65. The number of morpholine rings is 1. The fraction of sp³-hybridized carbons (Fsp3) is 0.964. The average Bonchev–Trinajstić information content (AvgIpc) is 3.18. The first-order valence-corrected chi connectivity index (χ1v) is 14.1. The molecule has 1 aliphatic heterocycles. The maximum Gasteiger partial charge on any atom is 0.222 e. The summed E-state index contributed by atoms with van der Waals surface area (Å²) < 4.78 is 5.38. The second kappa shape index (κ2) is 9.32. The van der Waals surface area contributed by atoms with Gasteiger partial charge in [0.2, 0.25) is 5.91 Å². The second-order valence-electron chi connectivity index (χ2n) is 13.0. The molecule has 6 heteroatoms. The van der Waals surface area contributed by atoms with E-state index in [-0.39, 0.29) is 41.0 Å². The van der Waals surface area contributed by atoms with Crippen LogP contribution in [0.4, 0.5) is 0 Å². The minimum Gasteiger partial charge on any atom is -0.393 e. The van der Waals surface area contributed by atoms with E-state index in [0.717, 1.165) is 51.4 Å². The number of rotatable bonds is 4. The molecule has 4 aliphatic carbocycles. The third kappa shape index (κ3) is 3.95. The van der Waals surface area contributed by atoms with Gasteiger partial charge in [0, 0.05) is 19.5 Å². The summed E-state index contributed by atoms with van der Waals surface area (Å²) in [6.07, 6.45) is 6.88. The molecule has 5 aliphatic rings. The molecule has 5 fully saturated rings. The van der Waals surface area contributed by atoms with Gasteiger partial charge in [0.15, 0.2) is 0 Å². The van der Waals surface area contributed by atoms with Crippen molar-refractivity contribution in [3.8, 4) is 0 Å². The van der Waals surface area contributed by atoms with Crippen molar-refractivity contribution < 1.29 is 24.9 Å². The molecule has 0 aromatic carbocycles. The number of aliphatic hydroxyl groups is 3. The molecule has 0 radical (unpaired) electrons. The Bertz CT molecular complexity index is 755. The molecule has 5 rings (SSSR count). The van der Waals surface area contributed by atoms with Crippen LogP contribution in [-0.2, 0) is 9.53 Å². The molecule has 1 saturated heterocycles. The van der Waals surface area contributed by atoms with Crippen LogP contribution in [0.25, 0.3) is 0 Å². The van der Waals surface area contributed by atoms with Crippen molar-refractivity contribution >= 4 is 5.91 Å². The lowest BCUT2D eigenvalue weighted by Gasteiger charge is -2.63. The van der Waals surface area contributed by atoms with E-state index >= 15 is 0 Å². The molecule has 4 saturated carbocycles. The van der Waals surface area contributed by atoms with Crippen molar-refractivity contribution in [2.75, 3.05) is 26.3 Å². The molecule has 6 nitrogen and oxygen atoms in total. The molecule has 0 spiro atoms. The predicted molar refractivity (Wildman–Crippen MR) is 130 cm³/mol. The summed E-state index contributed by atoms with van der Waals surface area (Å²) in [6.45, 7) is 9.64. The molecular weight excluding hydrogens is 430 g/mol. The Kier molecular flexibility index (Phi) is 6.84. The molecule has 3 N–H and O–H groups in total. The quantitative estimate of drug-likeness (QED) is 0.578. The first-order valence-electron chi connectivity index (χ1n) is 14.1. The van der Waals surface area contributed by atoms with E-state index in [2.05, 4.69) is 20.8 Å². The highest BCUT2D eigenvalue weighted by molar-refractivity contribution is 5.76. The molecule has 4 unspecified atom stereocenters. The van der Waals surface area contributed by atoms with Crippen molar-refractivity contribution in [1.29, 1.82) is 0 Å². The van der Waals surface area contributed by atoms with Gasteiger partial charge < -0.3 is 25.0 Å². The van der Waals surface area contributed by atoms with E-state index in [0.29, 0.717) is 62.3 Å². The summed E-state index contributed by atoms with van der Waals surface area (Å²) in [4.78, 5) is 14.7. The fourth-order valence-corrected chi connectivity index (χ4v) is 9.65. The summed E-state index contributed by atoms with van der Waals surface area (Å²) in [5.41, 5.74) is -0.0827. The number of fused-ring (bicyclic) bond motifs is 5. The van der Waals surface area contributed by atoms with Gasteiger partial charge in [-0.2, -0.15) is 0 Å². The standard InChI is InChI=1S/C28H47NO5/c1-17(4-7-25(33)29-10-12-34-13-11-29)20-5-6-21-26-22(16-24(32)28(20,21)3)27(2)9-8-19(30)14-18(27)15-23(26)31/h17-24,26,30-32H,4-16H2,1-3H3/t17-,18?,19-,20-,21?,22?,23-,24+,26?,27+,28-/m1/s1. The van der Waals surface area contributed by atoms with Gasteiger partial charge in [-0.1, -0.05) is 20.8 Å². The van der Waals surface area contributed by atoms with Gasteiger partial charge in [-0.25, -0.2) is 0 Å². The van der Waals surface area contributed by atoms with E-state index in [4.69, 9.17) is 4.74 Å². The summed E-state index contributed by atoms with van der Waals surface area (Å²) in [7, 11) is 0. The number of carbonyl (C=O) groups is 1. The van der Waals surface area contributed by atoms with Gasteiger partial charge in [0.05, 0.1) is 31.5 Å². The minimum absolute atomic E-state index is 0.111. The van der Waals surface area contributed by atoms with Gasteiger partial charge in [0.25, 0.3) is 0 Å². The Hall–Kier alpha value is -0.690. The van der Waals surface area contributed by atoms with Crippen LogP contribution < -0.4 is 0 Å². The van der Waals surface area contributed by atoms with Crippen molar-refractivity contribution in [3.63, 3.8) is 0 Å². The normalized spacial score (nSPS) is 49.6. The van der Waals surface area contributed by atoms with Crippen LogP contribution in [0.5, 0.6) is 0 Å². The number of nitrogens with zero attached hydrogens (tertiary/aromatic N) is 1. The van der Waals surface area contributed by atoms with Crippen LogP contribution in [0, 0.1) is 46.3 Å². The third-order valence-electron chi connectivity index (χ3n) is 11.7. The molecule has 34 heavy (non-hydrogen) atoms. The Balaban J connectivity index is 1.30. The lowest BCUT2D eigenvalue weighted by atomic mass is 9.43. The smallest absolute Gasteiger partial charge is 0.222 e. The van der Waals surface area contributed by atoms with Gasteiger partial charge in [-0.15, -0.1) is 0 Å². The van der Waals surface area contributed by atoms with Crippen molar-refractivity contribution in [2.45, 2.75) is 96.9 Å². The summed E-state index contributed by atoms with van der Waals surface area (Å²) in [6, 6.07) is 0. The first-order chi connectivity index (χ1) is 16.2. The average molecular weight is 478 g/mol. The Morgan fingerprint density at radius 3 is 2.50 bits per heavy atom. The molecule has 1 amide bonds. The number of ether oxygens (including phenoxy) is 1. The zero-order chi connectivity index (χ0) is 24.3. The van der Waals surface area contributed by atoms with Crippen LogP contribution in [-0.4, -0.2) is 70.7 Å². The number of carbonyl (C=O) groups excluding carboxylic acids is 1. The molecule has 1 heterocycles. The van der Waals surface area contributed by atoms with Crippen LogP contribution in [0.1, 0.15) is 78.6 Å². The number of aliphatic hydroxyl groups excluding tert-OH is 3. The van der Waals surface area contributed by atoms with Gasteiger partial charge in [0.1, 0.15) is 0 Å². The van der Waals surface area contributed by atoms with E-state index in [1.54, 1.807) is 0 Å². The van der Waals surface area contributed by atoms with Crippen molar-refractivity contribution in [1.82, 2.24) is 4.90 Å². The minimum atomic E-state index is -0.363. The number of hydrogen-bond donors (Lipinski definition) is 3. The molecule has 0 aromatic rings. The monoisotopic (exact) mass is 477 g/mol. The Labute approximate surface area is 205 Å². The van der Waals surface area contributed by atoms with Gasteiger partial charge in [-0.3, -0.25) is 4.79 Å². The van der Waals surface area contributed by atoms with Crippen LogP contribution in [0.3, 0.4) is 0 Å². The van der Waals surface area contributed by atoms with E-state index in [1.807, 2.05) is 4.90 Å². The maximum absolute atomic E-state index is 12.7. The molecular formula is C28H47NO5. The third-order valence-corrected chi connectivity index (χ3v) is 11.7. The lowest BCUT2D eigenvalue weighted by Crippen LogP contribution is -2.62. The van der Waals surface area contributed by atoms with Gasteiger partial charge >= 0.3 is 0 Å². The predicted octanol–water partition coefficient (Wildman–Crippen LogP) is 3.22. The van der Waals surface area contributed by atoms with Crippen LogP contribution in [0.2, 0.25) is 0 Å². The first kappa shape index (κ1) is 25.0. The molecule has 194 valence electrons. The highest BCUT2D eigenvalue weighted by Gasteiger charge is 2.65. The summed E-state index contributed by atoms with van der Waals surface area (Å²) >= 11 is 0. The van der Waals surface area contributed by atoms with Crippen LogP contribution in [0.15, 0.2) is 0 Å². The number of amides is 1. The van der Waals surface area contributed by atoms with Crippen LogP contribution >= 0.6 is 0 Å². The molecule has 0 aromatic heterocycles. The van der Waals surface area contributed by atoms with Gasteiger partial charge in [-0.05, 0) is 97.7 Å².